The van der Waals surface area contributed by atoms with Crippen LogP contribution in [0, 0.1) is 13.8 Å². The highest BCUT2D eigenvalue weighted by Crippen LogP contribution is 2.27. The van der Waals surface area contributed by atoms with Crippen LogP contribution in [0.3, 0.4) is 0 Å². The Hall–Kier alpha value is -2.92. The molecule has 3 rings (SSSR count). The monoisotopic (exact) mass is 348 g/mol. The summed E-state index contributed by atoms with van der Waals surface area (Å²) in [4.78, 5) is 9.18. The molecule has 0 saturated carbocycles. The molecule has 3 aromatic rings. The molecule has 2 aromatic carbocycles. The lowest BCUT2D eigenvalue weighted by atomic mass is 10.1. The van der Waals surface area contributed by atoms with Crippen molar-refractivity contribution in [3.8, 4) is 11.3 Å². The van der Waals surface area contributed by atoms with E-state index in [1.54, 1.807) is 0 Å². The molecule has 0 aliphatic heterocycles. The maximum absolute atomic E-state index is 9.33. The molecule has 0 spiro atoms. The second-order valence-corrected chi connectivity index (χ2v) is 6.45. The van der Waals surface area contributed by atoms with Crippen molar-refractivity contribution in [3.05, 3.63) is 65.7 Å². The van der Waals surface area contributed by atoms with Crippen molar-refractivity contribution in [1.29, 1.82) is 0 Å². The van der Waals surface area contributed by atoms with Crippen LogP contribution in [-0.4, -0.2) is 27.7 Å². The topological polar surface area (TPSA) is 70.1 Å². The fraction of sp³-hybridized carbons (Fsp3) is 0.238. The number of para-hydroxylation sites is 1. The number of nitrogens with zero attached hydrogens (tertiary/aromatic N) is 2. The molecular weight excluding hydrogens is 324 g/mol. The molecule has 0 fully saturated rings. The first-order chi connectivity index (χ1) is 12.6. The van der Waals surface area contributed by atoms with Crippen LogP contribution >= 0.6 is 0 Å². The molecule has 5 nitrogen and oxygen atoms in total. The Bertz CT molecular complexity index is 860. The predicted molar refractivity (Wildman–Crippen MR) is 107 cm³/mol. The molecule has 5 heteroatoms. The Balaban J connectivity index is 2.02. The fourth-order valence-corrected chi connectivity index (χ4v) is 2.74. The number of rotatable bonds is 6. The van der Waals surface area contributed by atoms with E-state index in [2.05, 4.69) is 46.6 Å². The van der Waals surface area contributed by atoms with Gasteiger partial charge in [0.2, 0.25) is 5.95 Å². The van der Waals surface area contributed by atoms with E-state index in [1.165, 1.54) is 0 Å². The minimum Gasteiger partial charge on any atom is -0.394 e. The van der Waals surface area contributed by atoms with Crippen LogP contribution in [0.25, 0.3) is 11.3 Å². The number of aromatic nitrogens is 2. The van der Waals surface area contributed by atoms with Gasteiger partial charge in [0.1, 0.15) is 5.82 Å². The van der Waals surface area contributed by atoms with Gasteiger partial charge >= 0.3 is 0 Å². The first-order valence-corrected chi connectivity index (χ1v) is 8.72. The first-order valence-electron chi connectivity index (χ1n) is 8.72. The number of hydrogen-bond donors (Lipinski definition) is 3. The summed E-state index contributed by atoms with van der Waals surface area (Å²) in [6.45, 7) is 6.04. The Morgan fingerprint density at radius 2 is 1.65 bits per heavy atom. The van der Waals surface area contributed by atoms with E-state index in [9.17, 15) is 5.11 Å². The molecule has 0 aliphatic carbocycles. The van der Waals surface area contributed by atoms with Gasteiger partial charge in [-0.3, -0.25) is 0 Å². The summed E-state index contributed by atoms with van der Waals surface area (Å²) < 4.78 is 0. The van der Waals surface area contributed by atoms with Gasteiger partial charge in [-0.05, 0) is 31.9 Å². The van der Waals surface area contributed by atoms with Gasteiger partial charge in [-0.25, -0.2) is 4.98 Å². The van der Waals surface area contributed by atoms with E-state index >= 15 is 0 Å². The Labute approximate surface area is 154 Å². The molecule has 0 aliphatic rings. The lowest BCUT2D eigenvalue weighted by Gasteiger charge is -2.16. The Morgan fingerprint density at radius 3 is 2.31 bits per heavy atom. The maximum Gasteiger partial charge on any atom is 0.225 e. The van der Waals surface area contributed by atoms with E-state index in [-0.39, 0.29) is 12.6 Å². The van der Waals surface area contributed by atoms with Crippen LogP contribution in [0.1, 0.15) is 18.1 Å². The molecule has 1 heterocycles. The van der Waals surface area contributed by atoms with Crippen LogP contribution in [-0.2, 0) is 0 Å². The summed E-state index contributed by atoms with van der Waals surface area (Å²) in [7, 11) is 0. The highest BCUT2D eigenvalue weighted by molar-refractivity contribution is 5.70. The molecule has 1 atom stereocenters. The zero-order valence-corrected chi connectivity index (χ0v) is 15.3. The standard InChI is InChI=1S/C21H24N4O/c1-14-8-7-9-15(2)20(14)24-19-12-18(17-10-5-4-6-11-17)23-21(25-19)22-16(3)13-26/h4-12,16,26H,13H2,1-3H3,(H2,22,23,24,25)/t16-/m1/s1. The number of aliphatic hydroxyl groups excluding tert-OH is 1. The van der Waals surface area contributed by atoms with E-state index in [0.29, 0.717) is 11.8 Å². The third-order valence-corrected chi connectivity index (χ3v) is 4.18. The number of hydrogen-bond acceptors (Lipinski definition) is 5. The summed E-state index contributed by atoms with van der Waals surface area (Å²) >= 11 is 0. The van der Waals surface area contributed by atoms with Gasteiger partial charge in [0.25, 0.3) is 0 Å². The number of anilines is 3. The van der Waals surface area contributed by atoms with Crippen LogP contribution in [0.5, 0.6) is 0 Å². The SMILES string of the molecule is Cc1cccc(C)c1Nc1cc(-c2ccccc2)nc(N[C@H](C)CO)n1. The molecule has 0 amide bonds. The van der Waals surface area contributed by atoms with Crippen molar-refractivity contribution in [2.75, 3.05) is 17.2 Å². The molecule has 0 unspecified atom stereocenters. The van der Waals surface area contributed by atoms with Crippen molar-refractivity contribution in [2.24, 2.45) is 0 Å². The number of nitrogens with one attached hydrogen (secondary N) is 2. The molecular formula is C21H24N4O. The summed E-state index contributed by atoms with van der Waals surface area (Å²) in [5.41, 5.74) is 5.19. The number of aliphatic hydroxyl groups is 1. The van der Waals surface area contributed by atoms with Gasteiger partial charge in [0.05, 0.1) is 12.3 Å². The number of aryl methyl sites for hydroxylation is 2. The summed E-state index contributed by atoms with van der Waals surface area (Å²) in [5.74, 6) is 1.20. The van der Waals surface area contributed by atoms with Crippen molar-refractivity contribution in [1.82, 2.24) is 9.97 Å². The Kier molecular flexibility index (Phi) is 5.49. The van der Waals surface area contributed by atoms with E-state index in [0.717, 1.165) is 28.1 Å². The second kappa shape index (κ2) is 7.97. The zero-order valence-electron chi connectivity index (χ0n) is 15.3. The summed E-state index contributed by atoms with van der Waals surface area (Å²) in [6, 6.07) is 18.0. The van der Waals surface area contributed by atoms with E-state index < -0.39 is 0 Å². The van der Waals surface area contributed by atoms with Crippen molar-refractivity contribution in [2.45, 2.75) is 26.8 Å². The second-order valence-electron chi connectivity index (χ2n) is 6.45. The third kappa shape index (κ3) is 4.18. The molecule has 0 saturated heterocycles. The minimum atomic E-state index is -0.130. The van der Waals surface area contributed by atoms with Crippen LogP contribution in [0.15, 0.2) is 54.6 Å². The average Bonchev–Trinajstić information content (AvgIpc) is 2.65. The van der Waals surface area contributed by atoms with Gasteiger partial charge < -0.3 is 15.7 Å². The van der Waals surface area contributed by atoms with E-state index in [1.807, 2.05) is 49.4 Å². The molecule has 3 N–H and O–H groups in total. The highest BCUT2D eigenvalue weighted by atomic mass is 16.3. The fourth-order valence-electron chi connectivity index (χ4n) is 2.74. The number of benzene rings is 2. The molecule has 0 bridgehead atoms. The molecule has 134 valence electrons. The molecule has 1 aromatic heterocycles. The summed E-state index contributed by atoms with van der Waals surface area (Å²) in [6.07, 6.45) is 0. The van der Waals surface area contributed by atoms with Gasteiger partial charge in [0, 0.05) is 23.4 Å². The molecule has 26 heavy (non-hydrogen) atoms. The van der Waals surface area contributed by atoms with Crippen LogP contribution in [0.2, 0.25) is 0 Å². The first kappa shape index (κ1) is 17.9. The predicted octanol–water partition coefficient (Wildman–Crippen LogP) is 4.30. The van der Waals surface area contributed by atoms with Gasteiger partial charge in [-0.15, -0.1) is 0 Å². The smallest absolute Gasteiger partial charge is 0.225 e. The summed E-state index contributed by atoms with van der Waals surface area (Å²) in [5, 5.41) is 15.9. The third-order valence-electron chi connectivity index (χ3n) is 4.18. The van der Waals surface area contributed by atoms with Crippen LogP contribution in [0.4, 0.5) is 17.5 Å². The van der Waals surface area contributed by atoms with Crippen molar-refractivity contribution < 1.29 is 5.11 Å². The molecule has 0 radical (unpaired) electrons. The van der Waals surface area contributed by atoms with Crippen molar-refractivity contribution >= 4 is 17.5 Å². The van der Waals surface area contributed by atoms with Gasteiger partial charge in [-0.2, -0.15) is 4.98 Å². The van der Waals surface area contributed by atoms with Crippen molar-refractivity contribution in [3.63, 3.8) is 0 Å². The normalized spacial score (nSPS) is 11.8. The zero-order chi connectivity index (χ0) is 18.5. The lowest BCUT2D eigenvalue weighted by Crippen LogP contribution is -2.21. The van der Waals surface area contributed by atoms with Gasteiger partial charge in [0.15, 0.2) is 0 Å². The average molecular weight is 348 g/mol. The minimum absolute atomic E-state index is 0.0125. The van der Waals surface area contributed by atoms with E-state index in [4.69, 9.17) is 0 Å². The highest BCUT2D eigenvalue weighted by Gasteiger charge is 2.11. The largest absolute Gasteiger partial charge is 0.394 e. The lowest BCUT2D eigenvalue weighted by molar-refractivity contribution is 0.281. The quantitative estimate of drug-likeness (QED) is 0.620. The Morgan fingerprint density at radius 1 is 0.962 bits per heavy atom. The van der Waals surface area contributed by atoms with Crippen LogP contribution < -0.4 is 10.6 Å². The maximum atomic E-state index is 9.33. The van der Waals surface area contributed by atoms with Gasteiger partial charge in [-0.1, -0.05) is 48.5 Å².